The second-order valence-corrected chi connectivity index (χ2v) is 7.33. The molecule has 174 valence electrons. The Morgan fingerprint density at radius 1 is 1.03 bits per heavy atom. The van der Waals surface area contributed by atoms with Crippen LogP contribution in [-0.2, 0) is 23.8 Å². The Morgan fingerprint density at radius 2 is 1.85 bits per heavy atom. The van der Waals surface area contributed by atoms with E-state index < -0.39 is 6.29 Å². The van der Waals surface area contributed by atoms with Crippen molar-refractivity contribution < 1.29 is 23.8 Å². The van der Waals surface area contributed by atoms with E-state index in [2.05, 4.69) is 10.1 Å². The fraction of sp³-hybridized carbons (Fsp3) is 0.346. The number of carbonyl (C=O) groups excluding carboxylic acids is 1. The Kier molecular flexibility index (Phi) is 9.35. The predicted octanol–water partition coefficient (Wildman–Crippen LogP) is 5.03. The number of carbonyl (C=O) groups is 1. The van der Waals surface area contributed by atoms with E-state index >= 15 is 0 Å². The van der Waals surface area contributed by atoms with Gasteiger partial charge in [0.2, 0.25) is 0 Å². The van der Waals surface area contributed by atoms with Crippen LogP contribution in [0.3, 0.4) is 0 Å². The summed E-state index contributed by atoms with van der Waals surface area (Å²) in [6, 6.07) is 15.9. The van der Waals surface area contributed by atoms with Crippen LogP contribution in [0, 0.1) is 0 Å². The Bertz CT molecular complexity index is 1060. The fourth-order valence-corrected chi connectivity index (χ4v) is 3.62. The standard InChI is InChI=1S/C26H30N2O5/c1-4-32-23(29)13-7-8-17-33-28-25(20-11-9-16-27-18-20)24-21-12-6-5-10-19(21)14-15-22(24)26(30-2)31-3/h5-6,9-12,14-16,18,26H,4,7-8,13,17H2,1-3H3. The summed E-state index contributed by atoms with van der Waals surface area (Å²) in [7, 11) is 3.21. The van der Waals surface area contributed by atoms with Gasteiger partial charge in [0.05, 0.1) is 6.61 Å². The predicted molar refractivity (Wildman–Crippen MR) is 127 cm³/mol. The summed E-state index contributed by atoms with van der Waals surface area (Å²) >= 11 is 0. The molecule has 0 radical (unpaired) electrons. The van der Waals surface area contributed by atoms with Gasteiger partial charge < -0.3 is 19.0 Å². The molecular formula is C26H30N2O5. The third-order valence-corrected chi connectivity index (χ3v) is 5.14. The van der Waals surface area contributed by atoms with Crippen LogP contribution in [0.1, 0.15) is 49.2 Å². The maximum absolute atomic E-state index is 11.5. The van der Waals surface area contributed by atoms with Crippen LogP contribution >= 0.6 is 0 Å². The Morgan fingerprint density at radius 3 is 2.58 bits per heavy atom. The third kappa shape index (κ3) is 6.37. The highest BCUT2D eigenvalue weighted by atomic mass is 16.7. The number of benzene rings is 2. The number of hydrogen-bond acceptors (Lipinski definition) is 7. The molecule has 7 heteroatoms. The second-order valence-electron chi connectivity index (χ2n) is 7.33. The van der Waals surface area contributed by atoms with Crippen molar-refractivity contribution in [1.29, 1.82) is 0 Å². The summed E-state index contributed by atoms with van der Waals surface area (Å²) in [6.45, 7) is 2.57. The molecule has 0 atom stereocenters. The average molecular weight is 451 g/mol. The van der Waals surface area contributed by atoms with Gasteiger partial charge in [-0.2, -0.15) is 0 Å². The molecule has 0 saturated carbocycles. The van der Waals surface area contributed by atoms with Gasteiger partial charge in [-0.25, -0.2) is 0 Å². The molecule has 1 heterocycles. The van der Waals surface area contributed by atoms with Crippen LogP contribution < -0.4 is 0 Å². The molecule has 0 N–H and O–H groups in total. The zero-order chi connectivity index (χ0) is 23.5. The molecule has 33 heavy (non-hydrogen) atoms. The second kappa shape index (κ2) is 12.7. The van der Waals surface area contributed by atoms with Crippen molar-refractivity contribution in [2.24, 2.45) is 5.16 Å². The number of unbranched alkanes of at least 4 members (excludes halogenated alkanes) is 1. The molecule has 0 bridgehead atoms. The van der Waals surface area contributed by atoms with Crippen molar-refractivity contribution in [3.8, 4) is 0 Å². The molecule has 0 saturated heterocycles. The van der Waals surface area contributed by atoms with E-state index in [-0.39, 0.29) is 5.97 Å². The van der Waals surface area contributed by atoms with Crippen LogP contribution in [0.15, 0.2) is 66.1 Å². The summed E-state index contributed by atoms with van der Waals surface area (Å²) < 4.78 is 16.1. The lowest BCUT2D eigenvalue weighted by Gasteiger charge is -2.20. The lowest BCUT2D eigenvalue weighted by molar-refractivity contribution is -0.143. The summed E-state index contributed by atoms with van der Waals surface area (Å²) in [5.74, 6) is -0.192. The van der Waals surface area contributed by atoms with Crippen molar-refractivity contribution in [3.63, 3.8) is 0 Å². The van der Waals surface area contributed by atoms with Crippen molar-refractivity contribution >= 4 is 22.5 Å². The van der Waals surface area contributed by atoms with Gasteiger partial charge in [-0.1, -0.05) is 41.6 Å². The topological polar surface area (TPSA) is 79.2 Å². The van der Waals surface area contributed by atoms with Crippen molar-refractivity contribution in [3.05, 3.63) is 77.6 Å². The lowest BCUT2D eigenvalue weighted by Crippen LogP contribution is -2.14. The molecule has 7 nitrogen and oxygen atoms in total. The van der Waals surface area contributed by atoms with E-state index in [0.717, 1.165) is 27.5 Å². The summed E-state index contributed by atoms with van der Waals surface area (Å²) in [5, 5.41) is 6.59. The van der Waals surface area contributed by atoms with E-state index in [1.165, 1.54) is 0 Å². The highest BCUT2D eigenvalue weighted by Crippen LogP contribution is 2.31. The minimum atomic E-state index is -0.573. The highest BCUT2D eigenvalue weighted by molar-refractivity contribution is 6.20. The summed E-state index contributed by atoms with van der Waals surface area (Å²) in [5.41, 5.74) is 3.15. The van der Waals surface area contributed by atoms with E-state index in [1.54, 1.807) is 33.5 Å². The molecule has 0 amide bonds. The molecular weight excluding hydrogens is 420 g/mol. The number of fused-ring (bicyclic) bond motifs is 1. The Hall–Kier alpha value is -3.29. The van der Waals surface area contributed by atoms with Gasteiger partial charge in [0, 0.05) is 49.7 Å². The van der Waals surface area contributed by atoms with E-state index in [4.69, 9.17) is 19.0 Å². The minimum Gasteiger partial charge on any atom is -0.466 e. The maximum Gasteiger partial charge on any atom is 0.305 e. The Labute approximate surface area is 194 Å². The summed E-state index contributed by atoms with van der Waals surface area (Å²) in [6.07, 6.45) is 4.62. The van der Waals surface area contributed by atoms with Crippen LogP contribution in [0.5, 0.6) is 0 Å². The van der Waals surface area contributed by atoms with Gasteiger partial charge in [-0.15, -0.1) is 0 Å². The van der Waals surface area contributed by atoms with Gasteiger partial charge in [-0.05, 0) is 42.7 Å². The maximum atomic E-state index is 11.5. The molecule has 0 fully saturated rings. The zero-order valence-electron chi connectivity index (χ0n) is 19.3. The third-order valence-electron chi connectivity index (χ3n) is 5.14. The first-order valence-corrected chi connectivity index (χ1v) is 11.0. The van der Waals surface area contributed by atoms with Gasteiger partial charge in [0.1, 0.15) is 12.3 Å². The smallest absolute Gasteiger partial charge is 0.305 e. The largest absolute Gasteiger partial charge is 0.466 e. The number of nitrogens with zero attached hydrogens (tertiary/aromatic N) is 2. The van der Waals surface area contributed by atoms with E-state index in [9.17, 15) is 4.79 Å². The molecule has 1 aromatic heterocycles. The summed E-state index contributed by atoms with van der Waals surface area (Å²) in [4.78, 5) is 21.5. The van der Waals surface area contributed by atoms with E-state index in [0.29, 0.717) is 38.2 Å². The van der Waals surface area contributed by atoms with Gasteiger partial charge in [0.25, 0.3) is 0 Å². The molecule has 3 rings (SSSR count). The molecule has 3 aromatic rings. The van der Waals surface area contributed by atoms with Crippen molar-refractivity contribution in [1.82, 2.24) is 4.98 Å². The number of rotatable bonds is 12. The molecule has 2 aromatic carbocycles. The van der Waals surface area contributed by atoms with Crippen LogP contribution in [0.25, 0.3) is 10.8 Å². The number of ether oxygens (including phenoxy) is 3. The average Bonchev–Trinajstić information content (AvgIpc) is 2.85. The Balaban J connectivity index is 1.95. The van der Waals surface area contributed by atoms with Gasteiger partial charge in [0.15, 0.2) is 6.29 Å². The van der Waals surface area contributed by atoms with Gasteiger partial charge >= 0.3 is 5.97 Å². The number of pyridine rings is 1. The first kappa shape index (κ1) is 24.4. The number of hydrogen-bond donors (Lipinski definition) is 0. The number of methoxy groups -OCH3 is 2. The normalized spacial score (nSPS) is 11.7. The van der Waals surface area contributed by atoms with Crippen molar-refractivity contribution in [2.75, 3.05) is 27.4 Å². The quantitative estimate of drug-likeness (QED) is 0.127. The molecule has 0 aliphatic rings. The van der Waals surface area contributed by atoms with Crippen molar-refractivity contribution in [2.45, 2.75) is 32.5 Å². The molecule has 0 aliphatic carbocycles. The number of esters is 1. The molecule has 0 aliphatic heterocycles. The zero-order valence-corrected chi connectivity index (χ0v) is 19.3. The van der Waals surface area contributed by atoms with Crippen LogP contribution in [-0.4, -0.2) is 44.1 Å². The first-order valence-electron chi connectivity index (χ1n) is 11.0. The monoisotopic (exact) mass is 450 g/mol. The molecule has 0 spiro atoms. The number of oxime groups is 1. The lowest BCUT2D eigenvalue weighted by atomic mass is 9.92. The first-order chi connectivity index (χ1) is 16.2. The van der Waals surface area contributed by atoms with E-state index in [1.807, 2.05) is 48.5 Å². The molecule has 0 unspecified atom stereocenters. The minimum absolute atomic E-state index is 0.192. The van der Waals surface area contributed by atoms with Crippen LogP contribution in [0.4, 0.5) is 0 Å². The van der Waals surface area contributed by atoms with Crippen LogP contribution in [0.2, 0.25) is 0 Å². The SMILES string of the molecule is CCOC(=O)CCCCON=C(c1cccnc1)c1c(C(OC)OC)ccc2ccccc12. The highest BCUT2D eigenvalue weighted by Gasteiger charge is 2.22. The fourth-order valence-electron chi connectivity index (χ4n) is 3.62. The van der Waals surface area contributed by atoms with Gasteiger partial charge in [-0.3, -0.25) is 9.78 Å². The number of aromatic nitrogens is 1.